The van der Waals surface area contributed by atoms with Crippen LogP contribution in [0.1, 0.15) is 26.3 Å². The molecule has 5 heteroatoms. The maximum Gasteiger partial charge on any atom is 0.249 e. The number of carbonyl (C=O) groups excluding carboxylic acids is 2. The maximum atomic E-state index is 12.6. The van der Waals surface area contributed by atoms with Gasteiger partial charge in [0.25, 0.3) is 0 Å². The predicted octanol–water partition coefficient (Wildman–Crippen LogP) is 1.79. The second-order valence-electron chi connectivity index (χ2n) is 4.60. The Morgan fingerprint density at radius 3 is 2.05 bits per heavy atom. The Kier molecular flexibility index (Phi) is 3.31. The van der Waals surface area contributed by atoms with E-state index in [0.29, 0.717) is 30.3 Å². The average Bonchev–Trinajstić information content (AvgIpc) is 2.53. The van der Waals surface area contributed by atoms with Gasteiger partial charge in [0.05, 0.1) is 5.56 Å². The van der Waals surface area contributed by atoms with Crippen LogP contribution in [0.5, 0.6) is 11.5 Å². The second-order valence-corrected chi connectivity index (χ2v) is 4.60. The van der Waals surface area contributed by atoms with Crippen molar-refractivity contribution >= 4 is 11.7 Å². The van der Waals surface area contributed by atoms with E-state index in [4.69, 9.17) is 15.2 Å². The molecule has 106 valence electrons. The summed E-state index contributed by atoms with van der Waals surface area (Å²) in [5, 5.41) is 0. The van der Waals surface area contributed by atoms with Crippen molar-refractivity contribution in [1.29, 1.82) is 0 Å². The van der Waals surface area contributed by atoms with Crippen molar-refractivity contribution in [2.45, 2.75) is 0 Å². The number of ketones is 1. The molecule has 0 bridgehead atoms. The largest absolute Gasteiger partial charge is 0.486 e. The van der Waals surface area contributed by atoms with Gasteiger partial charge in [0.15, 0.2) is 17.3 Å². The minimum absolute atomic E-state index is 0.133. The first kappa shape index (κ1) is 13.2. The van der Waals surface area contributed by atoms with Gasteiger partial charge < -0.3 is 15.2 Å². The molecular weight excluding hydrogens is 270 g/mol. The molecule has 2 N–H and O–H groups in total. The summed E-state index contributed by atoms with van der Waals surface area (Å²) in [6, 6.07) is 11.7. The molecule has 5 nitrogen and oxygen atoms in total. The van der Waals surface area contributed by atoms with Crippen LogP contribution in [0.2, 0.25) is 0 Å². The fourth-order valence-electron chi connectivity index (χ4n) is 2.23. The van der Waals surface area contributed by atoms with Gasteiger partial charge in [0.1, 0.15) is 13.2 Å². The number of hydrogen-bond donors (Lipinski definition) is 1. The Hall–Kier alpha value is -2.82. The van der Waals surface area contributed by atoms with Gasteiger partial charge >= 0.3 is 0 Å². The number of benzene rings is 2. The molecule has 0 aliphatic carbocycles. The number of amides is 1. The number of hydrogen-bond acceptors (Lipinski definition) is 4. The predicted molar refractivity (Wildman–Crippen MR) is 75.8 cm³/mol. The summed E-state index contributed by atoms with van der Waals surface area (Å²) in [6.07, 6.45) is 0. The van der Waals surface area contributed by atoms with E-state index < -0.39 is 5.91 Å². The van der Waals surface area contributed by atoms with Crippen LogP contribution in [0.4, 0.5) is 0 Å². The molecule has 2 aromatic carbocycles. The average molecular weight is 283 g/mol. The second kappa shape index (κ2) is 5.28. The molecule has 1 amide bonds. The Balaban J connectivity index is 2.12. The standard InChI is InChI=1S/C16H13NO4/c17-16(19)12-9-14-13(20-6-7-21-14)8-11(12)15(18)10-4-2-1-3-5-10/h1-5,8-9H,6-7H2,(H2,17,19). The van der Waals surface area contributed by atoms with Gasteiger partial charge in [-0.3, -0.25) is 9.59 Å². The molecule has 0 spiro atoms. The Morgan fingerprint density at radius 1 is 0.905 bits per heavy atom. The van der Waals surface area contributed by atoms with Crippen molar-refractivity contribution in [2.75, 3.05) is 13.2 Å². The molecular formula is C16H13NO4. The molecule has 0 saturated carbocycles. The van der Waals surface area contributed by atoms with Crippen LogP contribution in [0.25, 0.3) is 0 Å². The Labute approximate surface area is 121 Å². The van der Waals surface area contributed by atoms with Gasteiger partial charge in [0, 0.05) is 11.1 Å². The highest BCUT2D eigenvalue weighted by Gasteiger charge is 2.22. The van der Waals surface area contributed by atoms with E-state index in [-0.39, 0.29) is 16.9 Å². The molecule has 1 heterocycles. The highest BCUT2D eigenvalue weighted by molar-refractivity contribution is 6.15. The Bertz CT molecular complexity index is 710. The van der Waals surface area contributed by atoms with Crippen LogP contribution >= 0.6 is 0 Å². The Morgan fingerprint density at radius 2 is 1.48 bits per heavy atom. The summed E-state index contributed by atoms with van der Waals surface area (Å²) in [5.41, 5.74) is 6.21. The summed E-state index contributed by atoms with van der Waals surface area (Å²) >= 11 is 0. The van der Waals surface area contributed by atoms with E-state index in [1.165, 1.54) is 12.1 Å². The molecule has 0 aromatic heterocycles. The van der Waals surface area contributed by atoms with Gasteiger partial charge in [-0.25, -0.2) is 0 Å². The molecule has 1 aliphatic heterocycles. The lowest BCUT2D eigenvalue weighted by Gasteiger charge is -2.20. The van der Waals surface area contributed by atoms with Crippen LogP contribution in [0.3, 0.4) is 0 Å². The molecule has 2 aromatic rings. The summed E-state index contributed by atoms with van der Waals surface area (Å²) in [4.78, 5) is 24.2. The highest BCUT2D eigenvalue weighted by Crippen LogP contribution is 2.34. The third kappa shape index (κ3) is 2.45. The van der Waals surface area contributed by atoms with Crippen molar-refractivity contribution in [1.82, 2.24) is 0 Å². The summed E-state index contributed by atoms with van der Waals surface area (Å²) in [5.74, 6) is -0.0715. The van der Waals surface area contributed by atoms with Crippen LogP contribution in [-0.4, -0.2) is 24.9 Å². The van der Waals surface area contributed by atoms with Crippen molar-refractivity contribution < 1.29 is 19.1 Å². The van der Waals surface area contributed by atoms with E-state index in [1.807, 2.05) is 6.07 Å². The first-order valence-corrected chi connectivity index (χ1v) is 6.50. The number of primary amides is 1. The van der Waals surface area contributed by atoms with Gasteiger partial charge in [-0.05, 0) is 12.1 Å². The van der Waals surface area contributed by atoms with Crippen LogP contribution in [-0.2, 0) is 0 Å². The quantitative estimate of drug-likeness (QED) is 0.871. The fraction of sp³-hybridized carbons (Fsp3) is 0.125. The summed E-state index contributed by atoms with van der Waals surface area (Å²) in [7, 11) is 0. The zero-order valence-electron chi connectivity index (χ0n) is 11.2. The highest BCUT2D eigenvalue weighted by atomic mass is 16.6. The first-order valence-electron chi connectivity index (χ1n) is 6.50. The first-order chi connectivity index (χ1) is 10.2. The number of rotatable bonds is 3. The summed E-state index contributed by atoms with van der Waals surface area (Å²) < 4.78 is 10.9. The van der Waals surface area contributed by atoms with Gasteiger partial charge in [-0.15, -0.1) is 0 Å². The molecule has 0 radical (unpaired) electrons. The van der Waals surface area contributed by atoms with Gasteiger partial charge in [-0.2, -0.15) is 0 Å². The van der Waals surface area contributed by atoms with Gasteiger partial charge in [-0.1, -0.05) is 30.3 Å². The third-order valence-electron chi connectivity index (χ3n) is 3.23. The molecule has 0 saturated heterocycles. The molecule has 21 heavy (non-hydrogen) atoms. The van der Waals surface area contributed by atoms with Crippen molar-refractivity contribution in [3.63, 3.8) is 0 Å². The van der Waals surface area contributed by atoms with Crippen molar-refractivity contribution in [3.05, 3.63) is 59.2 Å². The van der Waals surface area contributed by atoms with Gasteiger partial charge in [0.2, 0.25) is 5.91 Å². The number of ether oxygens (including phenoxy) is 2. The lowest BCUT2D eigenvalue weighted by atomic mass is 9.97. The number of carbonyl (C=O) groups is 2. The minimum atomic E-state index is -0.675. The smallest absolute Gasteiger partial charge is 0.249 e. The maximum absolute atomic E-state index is 12.6. The third-order valence-corrected chi connectivity index (χ3v) is 3.23. The van der Waals surface area contributed by atoms with Crippen LogP contribution in [0, 0.1) is 0 Å². The van der Waals surface area contributed by atoms with E-state index in [0.717, 1.165) is 0 Å². The molecule has 3 rings (SSSR count). The normalized spacial score (nSPS) is 12.8. The zero-order chi connectivity index (χ0) is 14.8. The lowest BCUT2D eigenvalue weighted by molar-refractivity contribution is 0.0979. The van der Waals surface area contributed by atoms with E-state index >= 15 is 0 Å². The number of fused-ring (bicyclic) bond motifs is 1. The van der Waals surface area contributed by atoms with Crippen molar-refractivity contribution in [3.8, 4) is 11.5 Å². The molecule has 0 unspecified atom stereocenters. The molecule has 0 atom stereocenters. The topological polar surface area (TPSA) is 78.6 Å². The SMILES string of the molecule is NC(=O)c1cc2c(cc1C(=O)c1ccccc1)OCCO2. The number of nitrogens with two attached hydrogens (primary N) is 1. The van der Waals surface area contributed by atoms with E-state index in [9.17, 15) is 9.59 Å². The van der Waals surface area contributed by atoms with Crippen molar-refractivity contribution in [2.24, 2.45) is 5.73 Å². The van der Waals surface area contributed by atoms with Crippen LogP contribution < -0.4 is 15.2 Å². The zero-order valence-corrected chi connectivity index (χ0v) is 11.2. The molecule has 0 fully saturated rings. The van der Waals surface area contributed by atoms with E-state index in [1.54, 1.807) is 24.3 Å². The van der Waals surface area contributed by atoms with Crippen LogP contribution in [0.15, 0.2) is 42.5 Å². The van der Waals surface area contributed by atoms with E-state index in [2.05, 4.69) is 0 Å². The molecule has 1 aliphatic rings. The monoisotopic (exact) mass is 283 g/mol. The fourth-order valence-corrected chi connectivity index (χ4v) is 2.23. The lowest BCUT2D eigenvalue weighted by Crippen LogP contribution is -2.20. The minimum Gasteiger partial charge on any atom is -0.486 e. The summed E-state index contributed by atoms with van der Waals surface area (Å²) in [6.45, 7) is 0.805.